The van der Waals surface area contributed by atoms with Crippen LogP contribution < -0.4 is 5.32 Å². The van der Waals surface area contributed by atoms with E-state index in [0.717, 1.165) is 12.4 Å². The van der Waals surface area contributed by atoms with E-state index in [2.05, 4.69) is 12.2 Å². The molecule has 0 spiro atoms. The highest BCUT2D eigenvalue weighted by atomic mass is 32.2. The van der Waals surface area contributed by atoms with Crippen molar-refractivity contribution in [1.29, 1.82) is 0 Å². The van der Waals surface area contributed by atoms with Crippen molar-refractivity contribution < 1.29 is 9.84 Å². The normalized spacial score (nSPS) is 17.8. The molecule has 0 rings (SSSR count). The summed E-state index contributed by atoms with van der Waals surface area (Å²) in [7, 11) is 0. The molecule has 3 nitrogen and oxygen atoms in total. The Morgan fingerprint density at radius 2 is 2.21 bits per heavy atom. The maximum absolute atomic E-state index is 9.86. The fraction of sp³-hybridized carbons (Fsp3) is 1.00. The molecule has 0 aliphatic carbocycles. The number of hydrogen-bond donors (Lipinski definition) is 2. The van der Waals surface area contributed by atoms with Gasteiger partial charge in [0.05, 0.1) is 12.2 Å². The van der Waals surface area contributed by atoms with Crippen LogP contribution in [-0.4, -0.2) is 48.5 Å². The third-order valence-electron chi connectivity index (χ3n) is 1.86. The van der Waals surface area contributed by atoms with E-state index in [-0.39, 0.29) is 0 Å². The molecule has 2 N–H and O–H groups in total. The van der Waals surface area contributed by atoms with Gasteiger partial charge in [0, 0.05) is 24.9 Å². The van der Waals surface area contributed by atoms with E-state index in [9.17, 15) is 5.11 Å². The maximum atomic E-state index is 9.86. The number of nitrogens with one attached hydrogen (secondary N) is 1. The van der Waals surface area contributed by atoms with Crippen LogP contribution in [0.25, 0.3) is 0 Å². The summed E-state index contributed by atoms with van der Waals surface area (Å²) in [4.78, 5) is 0. The molecule has 14 heavy (non-hydrogen) atoms. The topological polar surface area (TPSA) is 41.5 Å². The second-order valence-electron chi connectivity index (χ2n) is 3.87. The van der Waals surface area contributed by atoms with Crippen molar-refractivity contribution in [3.05, 3.63) is 0 Å². The molecule has 0 saturated heterocycles. The molecular formula is C10H23NO2S. The minimum absolute atomic E-state index is 0.295. The number of rotatable bonds is 8. The molecule has 0 bridgehead atoms. The molecule has 0 radical (unpaired) electrons. The molecule has 0 aromatic heterocycles. The summed E-state index contributed by atoms with van der Waals surface area (Å²) in [5, 5.41) is 13.1. The highest BCUT2D eigenvalue weighted by Crippen LogP contribution is 2.09. The molecule has 0 fully saturated rings. The summed E-state index contributed by atoms with van der Waals surface area (Å²) in [6, 6.07) is 0.295. The lowest BCUT2D eigenvalue weighted by atomic mass is 10.1. The Balaban J connectivity index is 3.58. The number of hydrogen-bond acceptors (Lipinski definition) is 4. The van der Waals surface area contributed by atoms with Gasteiger partial charge in [-0.2, -0.15) is 11.8 Å². The van der Waals surface area contributed by atoms with Crippen LogP contribution in [0.1, 0.15) is 20.8 Å². The first-order valence-corrected chi connectivity index (χ1v) is 6.43. The van der Waals surface area contributed by atoms with E-state index in [1.807, 2.05) is 20.1 Å². The van der Waals surface area contributed by atoms with Crippen molar-refractivity contribution in [2.45, 2.75) is 32.4 Å². The first-order valence-electron chi connectivity index (χ1n) is 5.04. The zero-order valence-electron chi connectivity index (χ0n) is 9.67. The average Bonchev–Trinajstić information content (AvgIpc) is 2.11. The van der Waals surface area contributed by atoms with Gasteiger partial charge in [0.25, 0.3) is 0 Å². The summed E-state index contributed by atoms with van der Waals surface area (Å²) in [5.74, 6) is 0.751. The molecule has 2 unspecified atom stereocenters. The van der Waals surface area contributed by atoms with Crippen LogP contribution in [0.2, 0.25) is 0 Å². The van der Waals surface area contributed by atoms with Gasteiger partial charge in [-0.3, -0.25) is 0 Å². The lowest BCUT2D eigenvalue weighted by Gasteiger charge is -2.25. The van der Waals surface area contributed by atoms with Crippen molar-refractivity contribution in [3.8, 4) is 0 Å². The number of thioether (sulfide) groups is 1. The van der Waals surface area contributed by atoms with Gasteiger partial charge in [0.15, 0.2) is 0 Å². The van der Waals surface area contributed by atoms with Gasteiger partial charge in [0.2, 0.25) is 0 Å². The Morgan fingerprint density at radius 3 is 2.71 bits per heavy atom. The Morgan fingerprint density at radius 1 is 1.57 bits per heavy atom. The van der Waals surface area contributed by atoms with Gasteiger partial charge < -0.3 is 15.2 Å². The van der Waals surface area contributed by atoms with Crippen molar-refractivity contribution in [3.63, 3.8) is 0 Å². The monoisotopic (exact) mass is 221 g/mol. The lowest BCUT2D eigenvalue weighted by Crippen LogP contribution is -2.44. The van der Waals surface area contributed by atoms with E-state index >= 15 is 0 Å². The Hall–Kier alpha value is 0.230. The second kappa shape index (κ2) is 7.51. The minimum Gasteiger partial charge on any atom is -0.388 e. The Kier molecular flexibility index (Phi) is 7.64. The minimum atomic E-state index is -0.625. The number of ether oxygens (including phenoxy) is 1. The van der Waals surface area contributed by atoms with Crippen molar-refractivity contribution >= 4 is 11.8 Å². The molecule has 4 heteroatoms. The summed E-state index contributed by atoms with van der Waals surface area (Å²) in [6.07, 6.45) is 2.00. The largest absolute Gasteiger partial charge is 0.388 e. The predicted molar refractivity (Wildman–Crippen MR) is 63.0 cm³/mol. The standard InChI is InChI=1S/C10H23NO2S/c1-5-13-6-9(2)11-7-10(3,12)8-14-4/h9,11-12H,5-8H2,1-4H3. The Bertz CT molecular complexity index is 142. The van der Waals surface area contributed by atoms with E-state index in [1.54, 1.807) is 11.8 Å². The highest BCUT2D eigenvalue weighted by Gasteiger charge is 2.19. The molecule has 0 aliphatic heterocycles. The highest BCUT2D eigenvalue weighted by molar-refractivity contribution is 7.98. The van der Waals surface area contributed by atoms with Gasteiger partial charge in [-0.25, -0.2) is 0 Å². The molecule has 86 valence electrons. The zero-order valence-corrected chi connectivity index (χ0v) is 10.5. The molecular weight excluding hydrogens is 198 g/mol. The molecule has 0 heterocycles. The van der Waals surface area contributed by atoms with Gasteiger partial charge in [-0.1, -0.05) is 0 Å². The second-order valence-corrected chi connectivity index (χ2v) is 4.74. The van der Waals surface area contributed by atoms with Gasteiger partial charge in [-0.15, -0.1) is 0 Å². The molecule has 2 atom stereocenters. The van der Waals surface area contributed by atoms with E-state index in [1.165, 1.54) is 0 Å². The molecule has 0 aromatic rings. The van der Waals surface area contributed by atoms with Crippen LogP contribution in [0.4, 0.5) is 0 Å². The Labute approximate surface area is 91.6 Å². The van der Waals surface area contributed by atoms with E-state index in [0.29, 0.717) is 19.2 Å². The van der Waals surface area contributed by atoms with E-state index in [4.69, 9.17) is 4.74 Å². The van der Waals surface area contributed by atoms with Crippen molar-refractivity contribution in [1.82, 2.24) is 5.32 Å². The fourth-order valence-corrected chi connectivity index (χ4v) is 1.83. The van der Waals surface area contributed by atoms with Crippen LogP contribution in [0, 0.1) is 0 Å². The van der Waals surface area contributed by atoms with Gasteiger partial charge in [0.1, 0.15) is 0 Å². The van der Waals surface area contributed by atoms with Gasteiger partial charge in [-0.05, 0) is 27.0 Å². The zero-order chi connectivity index (χ0) is 11.0. The predicted octanol–water partition coefficient (Wildman–Crippen LogP) is 1.11. The quantitative estimate of drug-likeness (QED) is 0.644. The maximum Gasteiger partial charge on any atom is 0.0833 e. The molecule has 0 amide bonds. The van der Waals surface area contributed by atoms with Crippen LogP contribution in [0.15, 0.2) is 0 Å². The summed E-state index contributed by atoms with van der Waals surface area (Å²) in [6.45, 7) is 7.95. The van der Waals surface area contributed by atoms with Crippen LogP contribution in [-0.2, 0) is 4.74 Å². The summed E-state index contributed by atoms with van der Waals surface area (Å²) in [5.41, 5.74) is -0.625. The third kappa shape index (κ3) is 7.62. The van der Waals surface area contributed by atoms with Crippen LogP contribution in [0.5, 0.6) is 0 Å². The van der Waals surface area contributed by atoms with Crippen molar-refractivity contribution in [2.75, 3.05) is 31.8 Å². The first-order chi connectivity index (χ1) is 6.52. The average molecular weight is 221 g/mol. The third-order valence-corrected chi connectivity index (χ3v) is 2.77. The van der Waals surface area contributed by atoms with Crippen molar-refractivity contribution in [2.24, 2.45) is 0 Å². The summed E-state index contributed by atoms with van der Waals surface area (Å²) >= 11 is 1.66. The first kappa shape index (κ1) is 14.2. The molecule has 0 aliphatic rings. The summed E-state index contributed by atoms with van der Waals surface area (Å²) < 4.78 is 5.27. The van der Waals surface area contributed by atoms with E-state index < -0.39 is 5.60 Å². The molecule has 0 aromatic carbocycles. The fourth-order valence-electron chi connectivity index (χ4n) is 1.11. The van der Waals surface area contributed by atoms with Crippen LogP contribution >= 0.6 is 11.8 Å². The van der Waals surface area contributed by atoms with Crippen LogP contribution in [0.3, 0.4) is 0 Å². The smallest absolute Gasteiger partial charge is 0.0833 e. The number of aliphatic hydroxyl groups is 1. The van der Waals surface area contributed by atoms with Gasteiger partial charge >= 0.3 is 0 Å². The SMILES string of the molecule is CCOCC(C)NCC(C)(O)CSC. The molecule has 0 saturated carbocycles. The lowest BCUT2D eigenvalue weighted by molar-refractivity contribution is 0.0715.